The van der Waals surface area contributed by atoms with Crippen LogP contribution in [0.4, 0.5) is 5.69 Å². The van der Waals surface area contributed by atoms with Crippen LogP contribution in [-0.4, -0.2) is 24.0 Å². The molecule has 0 aromatic heterocycles. The van der Waals surface area contributed by atoms with Crippen molar-refractivity contribution in [1.82, 2.24) is 4.90 Å². The van der Waals surface area contributed by atoms with Gasteiger partial charge in [-0.05, 0) is 48.2 Å². The molecular formula is C28H32N2O2. The van der Waals surface area contributed by atoms with Crippen LogP contribution in [0.2, 0.25) is 0 Å². The molecule has 3 aromatic rings. The molecule has 1 aliphatic heterocycles. The summed E-state index contributed by atoms with van der Waals surface area (Å²) in [5.41, 5.74) is 3.89. The van der Waals surface area contributed by atoms with Crippen LogP contribution in [0.25, 0.3) is 0 Å². The van der Waals surface area contributed by atoms with E-state index in [4.69, 9.17) is 4.74 Å². The number of fused-ring (bicyclic) bond motifs is 1. The first-order chi connectivity index (χ1) is 15.8. The van der Waals surface area contributed by atoms with Crippen LogP contribution in [0.5, 0.6) is 5.75 Å². The number of para-hydroxylation sites is 1. The van der Waals surface area contributed by atoms with E-state index in [1.807, 2.05) is 59.5 Å². The molecule has 0 saturated carbocycles. The number of ether oxygens (including phenoxy) is 1. The van der Waals surface area contributed by atoms with Crippen molar-refractivity contribution in [1.29, 1.82) is 0 Å². The van der Waals surface area contributed by atoms with E-state index in [2.05, 4.69) is 36.5 Å². The van der Waals surface area contributed by atoms with E-state index in [-0.39, 0.29) is 12.1 Å². The lowest BCUT2D eigenvalue weighted by molar-refractivity contribution is 0.0685. The molecule has 1 N–H and O–H groups in total. The summed E-state index contributed by atoms with van der Waals surface area (Å²) in [5.74, 6) is 0.945. The summed E-state index contributed by atoms with van der Waals surface area (Å²) in [4.78, 5) is 15.3. The lowest BCUT2D eigenvalue weighted by atomic mass is 10.0. The molecule has 0 radical (unpaired) electrons. The van der Waals surface area contributed by atoms with Gasteiger partial charge in [-0.25, -0.2) is 0 Å². The fourth-order valence-corrected chi connectivity index (χ4v) is 4.15. The Balaban J connectivity index is 1.49. The number of carbonyl (C=O) groups is 1. The number of unbranched alkanes of at least 4 members (excludes halogenated alkanes) is 3. The highest BCUT2D eigenvalue weighted by Crippen LogP contribution is 2.33. The standard InChI is InChI=1S/C28H32N2O2/c1-2-3-4-10-21-32-24-17-15-23(16-18-24)27-29-26-14-9-8-13-25(26)28(31)30(27)20-19-22-11-6-5-7-12-22/h5-9,11-18,27,29H,2-4,10,19-21H2,1H3. The van der Waals surface area contributed by atoms with Crippen molar-refractivity contribution in [3.8, 4) is 5.75 Å². The van der Waals surface area contributed by atoms with Gasteiger partial charge in [0.05, 0.1) is 12.2 Å². The molecule has 166 valence electrons. The van der Waals surface area contributed by atoms with Crippen molar-refractivity contribution >= 4 is 11.6 Å². The second-order valence-corrected chi connectivity index (χ2v) is 8.30. The van der Waals surface area contributed by atoms with Gasteiger partial charge in [-0.15, -0.1) is 0 Å². The minimum Gasteiger partial charge on any atom is -0.494 e. The minimum absolute atomic E-state index is 0.0662. The van der Waals surface area contributed by atoms with E-state index in [1.54, 1.807) is 0 Å². The molecule has 0 spiro atoms. The van der Waals surface area contributed by atoms with Crippen LogP contribution in [0, 0.1) is 0 Å². The van der Waals surface area contributed by atoms with E-state index in [0.717, 1.165) is 42.0 Å². The molecule has 1 unspecified atom stereocenters. The lowest BCUT2D eigenvalue weighted by Crippen LogP contribution is -2.43. The van der Waals surface area contributed by atoms with Crippen molar-refractivity contribution in [2.45, 2.75) is 45.2 Å². The maximum absolute atomic E-state index is 13.4. The molecule has 1 heterocycles. The van der Waals surface area contributed by atoms with Gasteiger partial charge in [0.15, 0.2) is 0 Å². The molecule has 0 saturated heterocycles. The first-order valence-corrected chi connectivity index (χ1v) is 11.7. The Morgan fingerprint density at radius 1 is 0.875 bits per heavy atom. The molecule has 1 amide bonds. The summed E-state index contributed by atoms with van der Waals surface area (Å²) in [7, 11) is 0. The van der Waals surface area contributed by atoms with Gasteiger partial charge < -0.3 is 15.0 Å². The van der Waals surface area contributed by atoms with Gasteiger partial charge >= 0.3 is 0 Å². The molecule has 4 nitrogen and oxygen atoms in total. The monoisotopic (exact) mass is 428 g/mol. The zero-order valence-electron chi connectivity index (χ0n) is 18.8. The third kappa shape index (κ3) is 5.31. The molecule has 0 fully saturated rings. The van der Waals surface area contributed by atoms with Gasteiger partial charge in [0.25, 0.3) is 5.91 Å². The van der Waals surface area contributed by atoms with Crippen LogP contribution in [0.15, 0.2) is 78.9 Å². The quantitative estimate of drug-likeness (QED) is 0.377. The Bertz CT molecular complexity index is 1000. The Labute approximate surface area is 191 Å². The van der Waals surface area contributed by atoms with E-state index in [1.165, 1.54) is 24.8 Å². The zero-order valence-corrected chi connectivity index (χ0v) is 18.8. The third-order valence-electron chi connectivity index (χ3n) is 5.97. The summed E-state index contributed by atoms with van der Waals surface area (Å²) < 4.78 is 5.90. The Morgan fingerprint density at radius 2 is 1.62 bits per heavy atom. The molecule has 4 heteroatoms. The van der Waals surface area contributed by atoms with E-state index in [9.17, 15) is 4.79 Å². The van der Waals surface area contributed by atoms with Crippen LogP contribution in [0.3, 0.4) is 0 Å². The van der Waals surface area contributed by atoms with Gasteiger partial charge in [-0.1, -0.05) is 80.8 Å². The van der Waals surface area contributed by atoms with E-state index in [0.29, 0.717) is 6.54 Å². The fourth-order valence-electron chi connectivity index (χ4n) is 4.15. The SMILES string of the molecule is CCCCCCOc1ccc(C2Nc3ccccc3C(=O)N2CCc2ccccc2)cc1. The summed E-state index contributed by atoms with van der Waals surface area (Å²) >= 11 is 0. The minimum atomic E-state index is -0.209. The number of carbonyl (C=O) groups excluding carboxylic acids is 1. The Kier molecular flexibility index (Phi) is 7.44. The predicted octanol–water partition coefficient (Wildman–Crippen LogP) is 6.45. The summed E-state index contributed by atoms with van der Waals surface area (Å²) in [6.45, 7) is 3.60. The van der Waals surface area contributed by atoms with Crippen molar-refractivity contribution < 1.29 is 9.53 Å². The number of hydrogen-bond donors (Lipinski definition) is 1. The molecule has 4 rings (SSSR count). The first-order valence-electron chi connectivity index (χ1n) is 11.7. The number of nitrogens with one attached hydrogen (secondary N) is 1. The van der Waals surface area contributed by atoms with Gasteiger partial charge in [0, 0.05) is 12.2 Å². The number of nitrogens with zero attached hydrogens (tertiary/aromatic N) is 1. The highest BCUT2D eigenvalue weighted by atomic mass is 16.5. The van der Waals surface area contributed by atoms with Crippen LogP contribution in [0.1, 0.15) is 60.3 Å². The van der Waals surface area contributed by atoms with Crippen molar-refractivity contribution in [3.05, 3.63) is 95.6 Å². The maximum Gasteiger partial charge on any atom is 0.257 e. The van der Waals surface area contributed by atoms with Crippen LogP contribution >= 0.6 is 0 Å². The zero-order chi connectivity index (χ0) is 22.2. The molecular weight excluding hydrogens is 396 g/mol. The van der Waals surface area contributed by atoms with Gasteiger partial charge in [0.2, 0.25) is 0 Å². The van der Waals surface area contributed by atoms with Crippen LogP contribution in [-0.2, 0) is 6.42 Å². The molecule has 1 aliphatic rings. The maximum atomic E-state index is 13.4. The van der Waals surface area contributed by atoms with Crippen molar-refractivity contribution in [3.63, 3.8) is 0 Å². The van der Waals surface area contributed by atoms with Crippen LogP contribution < -0.4 is 10.1 Å². The predicted molar refractivity (Wildman–Crippen MR) is 130 cm³/mol. The van der Waals surface area contributed by atoms with Crippen molar-refractivity contribution in [2.75, 3.05) is 18.5 Å². The highest BCUT2D eigenvalue weighted by Gasteiger charge is 2.32. The van der Waals surface area contributed by atoms with Gasteiger partial charge in [-0.3, -0.25) is 4.79 Å². The number of rotatable bonds is 10. The smallest absolute Gasteiger partial charge is 0.257 e. The summed E-state index contributed by atoms with van der Waals surface area (Å²) in [6, 6.07) is 26.2. The highest BCUT2D eigenvalue weighted by molar-refractivity contribution is 6.01. The van der Waals surface area contributed by atoms with E-state index >= 15 is 0 Å². The van der Waals surface area contributed by atoms with Gasteiger partial charge in [0.1, 0.15) is 11.9 Å². The normalized spacial score (nSPS) is 15.2. The molecule has 3 aromatic carbocycles. The van der Waals surface area contributed by atoms with Crippen molar-refractivity contribution in [2.24, 2.45) is 0 Å². The fraction of sp³-hybridized carbons (Fsp3) is 0.321. The largest absolute Gasteiger partial charge is 0.494 e. The average Bonchev–Trinajstić information content (AvgIpc) is 2.84. The second kappa shape index (κ2) is 10.9. The molecule has 0 aliphatic carbocycles. The average molecular weight is 429 g/mol. The number of amides is 1. The second-order valence-electron chi connectivity index (χ2n) is 8.30. The Morgan fingerprint density at radius 3 is 2.41 bits per heavy atom. The third-order valence-corrected chi connectivity index (χ3v) is 5.97. The number of anilines is 1. The first kappa shape index (κ1) is 21.9. The van der Waals surface area contributed by atoms with E-state index < -0.39 is 0 Å². The molecule has 0 bridgehead atoms. The lowest BCUT2D eigenvalue weighted by Gasteiger charge is -2.38. The summed E-state index contributed by atoms with van der Waals surface area (Å²) in [6.07, 6.45) is 5.37. The van der Waals surface area contributed by atoms with Gasteiger partial charge in [-0.2, -0.15) is 0 Å². The number of benzene rings is 3. The molecule has 32 heavy (non-hydrogen) atoms. The Hall–Kier alpha value is -3.27. The topological polar surface area (TPSA) is 41.6 Å². The molecule has 1 atom stereocenters. The number of hydrogen-bond acceptors (Lipinski definition) is 3. The summed E-state index contributed by atoms with van der Waals surface area (Å²) in [5, 5.41) is 3.58.